The minimum Gasteiger partial charge on any atom is -0.253 e. The van der Waals surface area contributed by atoms with Crippen LogP contribution in [0.5, 0.6) is 0 Å². The predicted molar refractivity (Wildman–Crippen MR) is 110 cm³/mol. The lowest BCUT2D eigenvalue weighted by Crippen LogP contribution is -2.64. The first-order chi connectivity index (χ1) is 11.9. The molecule has 1 atom stereocenters. The van der Waals surface area contributed by atoms with Crippen LogP contribution in [-0.4, -0.2) is 24.7 Å². The smallest absolute Gasteiger partial charge is 0.253 e. The van der Waals surface area contributed by atoms with Gasteiger partial charge in [-0.1, -0.05) is 81.4 Å². The fourth-order valence-corrected chi connectivity index (χ4v) is 12.6. The molecule has 1 saturated heterocycles. The SMILES string of the molecule is CC(C)(C)[Si](N=S1(=O)CCCCN1)(c1ccccc1)c1ccccc1. The van der Waals surface area contributed by atoms with E-state index in [4.69, 9.17) is 4.03 Å². The van der Waals surface area contributed by atoms with E-state index in [1.807, 2.05) is 12.1 Å². The molecule has 0 radical (unpaired) electrons. The van der Waals surface area contributed by atoms with E-state index in [9.17, 15) is 4.21 Å². The van der Waals surface area contributed by atoms with E-state index < -0.39 is 18.2 Å². The molecule has 1 aliphatic rings. The average Bonchev–Trinajstić information content (AvgIpc) is 2.61. The molecular weight excluding hydrogens is 344 g/mol. The molecular formula is C20H28N2OSSi. The normalized spacial score (nSPS) is 21.7. The molecule has 1 aliphatic heterocycles. The Bertz CT molecular complexity index is 770. The molecule has 0 amide bonds. The van der Waals surface area contributed by atoms with Crippen LogP contribution in [0.3, 0.4) is 0 Å². The highest BCUT2D eigenvalue weighted by Gasteiger charge is 2.50. The molecule has 0 aliphatic carbocycles. The van der Waals surface area contributed by atoms with E-state index in [1.54, 1.807) is 0 Å². The van der Waals surface area contributed by atoms with Gasteiger partial charge in [0, 0.05) is 12.3 Å². The molecule has 1 heterocycles. The minimum atomic E-state index is -2.62. The Morgan fingerprint density at radius 3 is 1.84 bits per heavy atom. The van der Waals surface area contributed by atoms with E-state index in [0.717, 1.165) is 19.4 Å². The summed E-state index contributed by atoms with van der Waals surface area (Å²) >= 11 is 0. The van der Waals surface area contributed by atoms with Gasteiger partial charge in [-0.05, 0) is 28.3 Å². The maximum atomic E-state index is 13.6. The molecule has 3 nitrogen and oxygen atoms in total. The molecule has 0 aromatic heterocycles. The van der Waals surface area contributed by atoms with Gasteiger partial charge in [-0.3, -0.25) is 4.03 Å². The maximum Gasteiger partial charge on any atom is 0.261 e. The number of nitrogens with one attached hydrogen (secondary N) is 1. The standard InChI is InChI=1S/C20H28N2OSSi/c1-20(2,3)25(18-12-6-4-7-13-18,19-14-8-5-9-15-19)22-24(23)17-11-10-16-21-24/h4-9,12-15H,10-11,16-17H2,1-3H3,(H,21,22,23). The van der Waals surface area contributed by atoms with Gasteiger partial charge in [-0.15, -0.1) is 0 Å². The van der Waals surface area contributed by atoms with Gasteiger partial charge in [-0.25, -0.2) is 8.93 Å². The van der Waals surface area contributed by atoms with Crippen LogP contribution in [0.15, 0.2) is 64.7 Å². The summed E-state index contributed by atoms with van der Waals surface area (Å²) in [6, 6.07) is 21.0. The van der Waals surface area contributed by atoms with Gasteiger partial charge >= 0.3 is 0 Å². The van der Waals surface area contributed by atoms with Crippen molar-refractivity contribution in [3.8, 4) is 0 Å². The van der Waals surface area contributed by atoms with Crippen LogP contribution in [0.1, 0.15) is 33.6 Å². The summed E-state index contributed by atoms with van der Waals surface area (Å²) in [6.07, 6.45) is 2.06. The maximum absolute atomic E-state index is 13.6. The number of benzene rings is 2. The highest BCUT2D eigenvalue weighted by atomic mass is 32.2. The van der Waals surface area contributed by atoms with E-state index >= 15 is 0 Å². The summed E-state index contributed by atoms with van der Waals surface area (Å²) < 4.78 is 22.1. The second-order valence-electron chi connectivity index (χ2n) is 7.73. The zero-order chi connectivity index (χ0) is 18.0. The molecule has 134 valence electrons. The first-order valence-corrected chi connectivity index (χ1v) is 12.6. The van der Waals surface area contributed by atoms with Crippen molar-refractivity contribution in [3.05, 3.63) is 60.7 Å². The zero-order valence-corrected chi connectivity index (χ0v) is 17.2. The molecule has 0 spiro atoms. The molecule has 5 heteroatoms. The summed E-state index contributed by atoms with van der Waals surface area (Å²) in [5.74, 6) is 0.650. The minimum absolute atomic E-state index is 0.0980. The number of nitrogens with zero attached hydrogens (tertiary/aromatic N) is 1. The van der Waals surface area contributed by atoms with Crippen LogP contribution in [0.4, 0.5) is 0 Å². The van der Waals surface area contributed by atoms with Crippen molar-refractivity contribution >= 4 is 28.5 Å². The molecule has 0 bridgehead atoms. The third-order valence-corrected chi connectivity index (χ3v) is 13.2. The summed E-state index contributed by atoms with van der Waals surface area (Å²) in [5, 5.41) is 2.35. The first-order valence-electron chi connectivity index (χ1n) is 8.99. The van der Waals surface area contributed by atoms with Gasteiger partial charge < -0.3 is 0 Å². The highest BCUT2D eigenvalue weighted by Crippen LogP contribution is 2.37. The molecule has 1 N–H and O–H groups in total. The van der Waals surface area contributed by atoms with Gasteiger partial charge in [0.25, 0.3) is 8.24 Å². The Morgan fingerprint density at radius 1 is 0.920 bits per heavy atom. The largest absolute Gasteiger partial charge is 0.261 e. The number of rotatable bonds is 3. The second-order valence-corrected chi connectivity index (χ2v) is 14.5. The zero-order valence-electron chi connectivity index (χ0n) is 15.4. The Balaban J connectivity index is 2.34. The van der Waals surface area contributed by atoms with Crippen molar-refractivity contribution < 1.29 is 4.21 Å². The number of hydrogen-bond acceptors (Lipinski definition) is 2. The van der Waals surface area contributed by atoms with E-state index in [-0.39, 0.29) is 5.04 Å². The lowest BCUT2D eigenvalue weighted by Gasteiger charge is -2.41. The summed E-state index contributed by atoms with van der Waals surface area (Å²) in [6.45, 7) is 7.53. The van der Waals surface area contributed by atoms with Gasteiger partial charge in [0.1, 0.15) is 0 Å². The van der Waals surface area contributed by atoms with E-state index in [1.165, 1.54) is 10.4 Å². The van der Waals surface area contributed by atoms with Crippen molar-refractivity contribution in [2.45, 2.75) is 38.7 Å². The van der Waals surface area contributed by atoms with Crippen LogP contribution in [0.25, 0.3) is 0 Å². The van der Waals surface area contributed by atoms with Gasteiger partial charge in [0.05, 0.1) is 9.92 Å². The fourth-order valence-electron chi connectivity index (χ4n) is 3.66. The van der Waals surface area contributed by atoms with Gasteiger partial charge in [0.2, 0.25) is 0 Å². The van der Waals surface area contributed by atoms with Crippen LogP contribution in [0, 0.1) is 0 Å². The van der Waals surface area contributed by atoms with Crippen molar-refractivity contribution in [3.63, 3.8) is 0 Å². The summed E-state index contributed by atoms with van der Waals surface area (Å²) in [7, 11) is -5.01. The van der Waals surface area contributed by atoms with Crippen LogP contribution >= 0.6 is 0 Å². The second kappa shape index (κ2) is 7.06. The molecule has 1 unspecified atom stereocenters. The molecule has 2 aromatic rings. The van der Waals surface area contributed by atoms with Crippen molar-refractivity contribution in [1.82, 2.24) is 4.72 Å². The van der Waals surface area contributed by atoms with Crippen LogP contribution in [-0.2, 0) is 9.92 Å². The summed E-state index contributed by atoms with van der Waals surface area (Å²) in [5.41, 5.74) is 0. The van der Waals surface area contributed by atoms with Gasteiger partial charge in [0.15, 0.2) is 0 Å². The fraction of sp³-hybridized carbons (Fsp3) is 0.400. The van der Waals surface area contributed by atoms with Crippen LogP contribution in [0.2, 0.25) is 5.04 Å². The highest BCUT2D eigenvalue weighted by molar-refractivity contribution is 7.92. The summed E-state index contributed by atoms with van der Waals surface area (Å²) in [4.78, 5) is 0. The molecule has 25 heavy (non-hydrogen) atoms. The van der Waals surface area contributed by atoms with Gasteiger partial charge in [-0.2, -0.15) is 0 Å². The molecule has 2 aromatic carbocycles. The quantitative estimate of drug-likeness (QED) is 0.825. The van der Waals surface area contributed by atoms with E-state index in [0.29, 0.717) is 5.75 Å². The van der Waals surface area contributed by atoms with Crippen molar-refractivity contribution in [2.24, 2.45) is 4.03 Å². The molecule has 1 fully saturated rings. The third-order valence-electron chi connectivity index (χ3n) is 4.93. The Labute approximate surface area is 153 Å². The predicted octanol–water partition coefficient (Wildman–Crippen LogP) is 3.31. The monoisotopic (exact) mass is 372 g/mol. The molecule has 0 saturated carbocycles. The Hall–Kier alpha value is -1.43. The lowest BCUT2D eigenvalue weighted by atomic mass is 10.2. The first kappa shape index (κ1) is 18.4. The third kappa shape index (κ3) is 3.59. The number of hydrogen-bond donors (Lipinski definition) is 1. The topological polar surface area (TPSA) is 41.5 Å². The Morgan fingerprint density at radius 2 is 1.44 bits per heavy atom. The van der Waals surface area contributed by atoms with E-state index in [2.05, 4.69) is 74.0 Å². The van der Waals surface area contributed by atoms with Crippen molar-refractivity contribution in [1.29, 1.82) is 0 Å². The average molecular weight is 373 g/mol. The lowest BCUT2D eigenvalue weighted by molar-refractivity contribution is 0.635. The van der Waals surface area contributed by atoms with Crippen LogP contribution < -0.4 is 15.1 Å². The van der Waals surface area contributed by atoms with Crippen molar-refractivity contribution in [2.75, 3.05) is 12.3 Å². The molecule has 3 rings (SSSR count). The Kier molecular flexibility index (Phi) is 5.18.